The van der Waals surface area contributed by atoms with Crippen LogP contribution in [0.1, 0.15) is 103 Å². The molecule has 0 aromatic carbocycles. The Kier molecular flexibility index (Phi) is 19.6. The lowest BCUT2D eigenvalue weighted by atomic mass is 10.1. The largest absolute Gasteiger partial charge is 0.481 e. The first-order valence-corrected chi connectivity index (χ1v) is 12.4. The number of carboxylic acids is 2. The molecule has 29 heavy (non-hydrogen) atoms. The minimum atomic E-state index is -0.909. The molecule has 0 aliphatic carbocycles. The number of allylic oxidation sites excluding steroid dienone is 1. The number of hydrogen-bond donors (Lipinski definition) is 3. The van der Waals surface area contributed by atoms with E-state index in [1.807, 2.05) is 6.08 Å². The summed E-state index contributed by atoms with van der Waals surface area (Å²) in [6, 6.07) is 0. The summed E-state index contributed by atoms with van der Waals surface area (Å²) in [4.78, 5) is 21.3. The summed E-state index contributed by atoms with van der Waals surface area (Å²) in [7, 11) is 0. The molecule has 3 N–H and O–H groups in total. The molecule has 2 unspecified atom stereocenters. The van der Waals surface area contributed by atoms with Gasteiger partial charge in [0.2, 0.25) is 0 Å². The second-order valence-electron chi connectivity index (χ2n) is 7.73. The maximum atomic E-state index is 10.7. The third kappa shape index (κ3) is 20.1. The van der Waals surface area contributed by atoms with Gasteiger partial charge in [-0.3, -0.25) is 9.59 Å². The minimum Gasteiger partial charge on any atom is -0.481 e. The summed E-state index contributed by atoms with van der Waals surface area (Å²) >= 11 is 1.51. The third-order valence-electron chi connectivity index (χ3n) is 4.93. The molecule has 0 radical (unpaired) electrons. The fourth-order valence-electron chi connectivity index (χ4n) is 3.15. The monoisotopic (exact) mass is 430 g/mol. The number of carboxylic acid groups (broad SMARTS) is 2. The molecule has 0 rings (SSSR count). The van der Waals surface area contributed by atoms with Gasteiger partial charge in [-0.25, -0.2) is 0 Å². The van der Waals surface area contributed by atoms with Gasteiger partial charge in [0.25, 0.3) is 0 Å². The molecule has 0 heterocycles. The van der Waals surface area contributed by atoms with Crippen LogP contribution in [0.4, 0.5) is 0 Å². The third-order valence-corrected chi connectivity index (χ3v) is 6.31. The number of hydrogen-bond acceptors (Lipinski definition) is 4. The van der Waals surface area contributed by atoms with Crippen molar-refractivity contribution in [3.8, 4) is 0 Å². The maximum Gasteiger partial charge on any atom is 0.303 e. The number of rotatable bonds is 21. The van der Waals surface area contributed by atoms with Crippen LogP contribution in [0.15, 0.2) is 12.2 Å². The van der Waals surface area contributed by atoms with Gasteiger partial charge in [-0.15, -0.1) is 0 Å². The van der Waals surface area contributed by atoms with Gasteiger partial charge in [0.05, 0.1) is 6.10 Å². The van der Waals surface area contributed by atoms with Crippen LogP contribution < -0.4 is 0 Å². The Morgan fingerprint density at radius 1 is 0.828 bits per heavy atom. The average Bonchev–Trinajstić information content (AvgIpc) is 2.68. The number of thioether (sulfide) groups is 1. The van der Waals surface area contributed by atoms with Gasteiger partial charge >= 0.3 is 11.9 Å². The van der Waals surface area contributed by atoms with Crippen molar-refractivity contribution >= 4 is 23.7 Å². The molecular formula is C23H42O5S. The second kappa shape index (κ2) is 20.3. The smallest absolute Gasteiger partial charge is 0.303 e. The van der Waals surface area contributed by atoms with Gasteiger partial charge in [0.15, 0.2) is 0 Å². The first-order chi connectivity index (χ1) is 14.0. The number of aliphatic hydroxyl groups is 1. The molecule has 0 aromatic heterocycles. The van der Waals surface area contributed by atoms with Crippen molar-refractivity contribution in [3.05, 3.63) is 12.2 Å². The number of unbranched alkanes of at least 4 members (excludes halogenated alkanes) is 10. The Labute approximate surface area is 181 Å². The summed E-state index contributed by atoms with van der Waals surface area (Å²) < 4.78 is 0. The lowest BCUT2D eigenvalue weighted by Gasteiger charge is -2.19. The number of aliphatic carboxylic acids is 2. The van der Waals surface area contributed by atoms with Crippen LogP contribution in [0, 0.1) is 0 Å². The van der Waals surface area contributed by atoms with Crippen molar-refractivity contribution in [1.29, 1.82) is 0 Å². The zero-order valence-corrected chi connectivity index (χ0v) is 19.0. The molecule has 0 fully saturated rings. The van der Waals surface area contributed by atoms with Crippen LogP contribution in [0.5, 0.6) is 0 Å². The number of carbonyl (C=O) groups is 2. The van der Waals surface area contributed by atoms with Crippen molar-refractivity contribution in [1.82, 2.24) is 0 Å². The lowest BCUT2D eigenvalue weighted by Crippen LogP contribution is -2.22. The van der Waals surface area contributed by atoms with E-state index in [0.717, 1.165) is 12.8 Å². The molecule has 0 aromatic rings. The summed E-state index contributed by atoms with van der Waals surface area (Å²) in [6.07, 6.45) is 18.2. The molecular weight excluding hydrogens is 388 g/mol. The Bertz CT molecular complexity index is 439. The normalized spacial score (nSPS) is 13.6. The quantitative estimate of drug-likeness (QED) is 0.152. The van der Waals surface area contributed by atoms with Crippen molar-refractivity contribution in [2.24, 2.45) is 0 Å². The molecule has 6 heteroatoms. The summed E-state index contributed by atoms with van der Waals surface area (Å²) in [5, 5.41) is 27.6. The van der Waals surface area contributed by atoms with Gasteiger partial charge in [0.1, 0.15) is 0 Å². The first kappa shape index (κ1) is 28.0. The van der Waals surface area contributed by atoms with E-state index in [2.05, 4.69) is 13.0 Å². The Hall–Kier alpha value is -1.01. The summed E-state index contributed by atoms with van der Waals surface area (Å²) in [5.41, 5.74) is 0. The predicted molar refractivity (Wildman–Crippen MR) is 122 cm³/mol. The Morgan fingerprint density at radius 2 is 1.38 bits per heavy atom. The van der Waals surface area contributed by atoms with E-state index in [4.69, 9.17) is 10.2 Å². The van der Waals surface area contributed by atoms with Crippen molar-refractivity contribution in [3.63, 3.8) is 0 Å². The van der Waals surface area contributed by atoms with Gasteiger partial charge in [-0.1, -0.05) is 76.9 Å². The Morgan fingerprint density at radius 3 is 1.93 bits per heavy atom. The Balaban J connectivity index is 4.00. The highest BCUT2D eigenvalue weighted by atomic mass is 32.2. The van der Waals surface area contributed by atoms with Crippen LogP contribution in [0.3, 0.4) is 0 Å². The lowest BCUT2D eigenvalue weighted by molar-refractivity contribution is -0.138. The first-order valence-electron chi connectivity index (χ1n) is 11.4. The van der Waals surface area contributed by atoms with Crippen molar-refractivity contribution in [2.75, 3.05) is 5.75 Å². The van der Waals surface area contributed by atoms with E-state index in [1.54, 1.807) is 0 Å². The SMILES string of the molecule is CCCCCCCCCCCCC=CC(SCCCC(=O)O)C(O)CCC(=O)O. The zero-order chi connectivity index (χ0) is 21.7. The molecule has 0 spiro atoms. The fraction of sp³-hybridized carbons (Fsp3) is 0.826. The molecule has 0 bridgehead atoms. The van der Waals surface area contributed by atoms with Crippen molar-refractivity contribution in [2.45, 2.75) is 115 Å². The predicted octanol–water partition coefficient (Wildman–Crippen LogP) is 6.05. The van der Waals surface area contributed by atoms with E-state index in [1.165, 1.54) is 69.5 Å². The van der Waals surface area contributed by atoms with Crippen LogP contribution >= 0.6 is 11.8 Å². The highest BCUT2D eigenvalue weighted by molar-refractivity contribution is 8.00. The molecule has 2 atom stereocenters. The van der Waals surface area contributed by atoms with Crippen molar-refractivity contribution < 1.29 is 24.9 Å². The fourth-order valence-corrected chi connectivity index (χ4v) is 4.32. The number of aliphatic hydroxyl groups excluding tert-OH is 1. The highest BCUT2D eigenvalue weighted by Gasteiger charge is 2.18. The van der Waals surface area contributed by atoms with E-state index in [9.17, 15) is 14.7 Å². The van der Waals surface area contributed by atoms with Gasteiger partial charge in [-0.2, -0.15) is 11.8 Å². The van der Waals surface area contributed by atoms with E-state index in [0.29, 0.717) is 12.2 Å². The minimum absolute atomic E-state index is 0.0559. The van der Waals surface area contributed by atoms with E-state index >= 15 is 0 Å². The van der Waals surface area contributed by atoms with Gasteiger partial charge < -0.3 is 15.3 Å². The van der Waals surface area contributed by atoms with Crippen LogP contribution in [0.25, 0.3) is 0 Å². The molecule has 0 saturated carbocycles. The molecule has 170 valence electrons. The average molecular weight is 431 g/mol. The van der Waals surface area contributed by atoms with E-state index in [-0.39, 0.29) is 24.5 Å². The molecule has 0 saturated heterocycles. The standard InChI is InChI=1S/C23H42O5S/c1-2-3-4-5-6-7-8-9-10-11-12-13-15-21(20(24)17-18-23(27)28)29-19-14-16-22(25)26/h13,15,20-21,24H,2-12,14,16-19H2,1H3,(H,25,26)(H,27,28). The maximum absolute atomic E-state index is 10.7. The molecule has 0 aliphatic heterocycles. The van der Waals surface area contributed by atoms with Gasteiger partial charge in [-0.05, 0) is 31.4 Å². The zero-order valence-electron chi connectivity index (χ0n) is 18.2. The molecule has 0 aliphatic rings. The van der Waals surface area contributed by atoms with E-state index < -0.39 is 18.0 Å². The highest BCUT2D eigenvalue weighted by Crippen LogP contribution is 2.22. The summed E-state index contributed by atoms with van der Waals surface area (Å²) in [5.74, 6) is -1.08. The van der Waals surface area contributed by atoms with Crippen LogP contribution in [-0.4, -0.2) is 44.4 Å². The summed E-state index contributed by atoms with van der Waals surface area (Å²) in [6.45, 7) is 2.24. The molecule has 5 nitrogen and oxygen atoms in total. The topological polar surface area (TPSA) is 94.8 Å². The molecule has 0 amide bonds. The second-order valence-corrected chi connectivity index (χ2v) is 9.02. The van der Waals surface area contributed by atoms with Crippen LogP contribution in [0.2, 0.25) is 0 Å². The van der Waals surface area contributed by atoms with Gasteiger partial charge in [0, 0.05) is 18.1 Å². The van der Waals surface area contributed by atoms with Crippen LogP contribution in [-0.2, 0) is 9.59 Å².